The van der Waals surface area contributed by atoms with Gasteiger partial charge in [0.2, 0.25) is 17.8 Å². The van der Waals surface area contributed by atoms with Crippen molar-refractivity contribution in [1.82, 2.24) is 48.9 Å². The number of benzene rings is 2. The van der Waals surface area contributed by atoms with Gasteiger partial charge in [0, 0.05) is 69.9 Å². The van der Waals surface area contributed by atoms with Crippen molar-refractivity contribution in [3.8, 4) is 11.5 Å². The number of morpholine rings is 1. The minimum atomic E-state index is -0.667. The van der Waals surface area contributed by atoms with Crippen molar-refractivity contribution < 1.29 is 33.4 Å². The highest BCUT2D eigenvalue weighted by Gasteiger charge is 2.25. The summed E-state index contributed by atoms with van der Waals surface area (Å²) in [5.41, 5.74) is 10.3. The van der Waals surface area contributed by atoms with E-state index in [9.17, 15) is 19.2 Å². The molecule has 6 aromatic rings. The second kappa shape index (κ2) is 18.5. The molecule has 8 rings (SSSR count). The lowest BCUT2D eigenvalue weighted by Gasteiger charge is -2.26. The van der Waals surface area contributed by atoms with Crippen LogP contribution in [0, 0.1) is 13.8 Å². The van der Waals surface area contributed by atoms with E-state index in [1.54, 1.807) is 50.3 Å². The fourth-order valence-electron chi connectivity index (χ4n) is 7.81. The van der Waals surface area contributed by atoms with E-state index < -0.39 is 17.7 Å². The number of carbonyl (C=O) groups is 4. The Bertz CT molecular complexity index is 2740. The first-order valence-electron chi connectivity index (χ1n) is 21.1. The van der Waals surface area contributed by atoms with Crippen LogP contribution >= 0.6 is 0 Å². The first-order chi connectivity index (χ1) is 30.5. The fraction of sp³-hybridized carbons (Fsp3) is 0.395. The normalized spacial score (nSPS) is 15.2. The van der Waals surface area contributed by atoms with E-state index in [4.69, 9.17) is 29.9 Å². The van der Waals surface area contributed by atoms with Gasteiger partial charge in [-0.2, -0.15) is 10.2 Å². The van der Waals surface area contributed by atoms with Crippen molar-refractivity contribution in [2.45, 2.75) is 60.3 Å². The van der Waals surface area contributed by atoms with E-state index in [2.05, 4.69) is 31.0 Å². The van der Waals surface area contributed by atoms with E-state index in [1.807, 2.05) is 44.4 Å². The standard InChI is InChI=1S/C43H51N13O7/c1-5-55-32(20-26(3)50-55)40(59)48-42-46-30-22-28(38(44)57)24-34-36(30)53(42)11-7-8-12-54-37-31(47-43(54)49-41(60)33-21-27(4)51-56(33)6-2)23-29(25-35(37)63-17-9-16-62-34)39(58)45-10-13-52-14-18-61-19-15-52/h7-8,20-25H,5-6,9-19H2,1-4H3,(H2,44,57)(H,45,58)(H,46,48,59)(H,47,49,60)/b8-7+. The number of nitrogens with two attached hydrogens (primary N) is 1. The van der Waals surface area contributed by atoms with Crippen LogP contribution in [-0.4, -0.2) is 120 Å². The second-order valence-corrected chi connectivity index (χ2v) is 15.3. The van der Waals surface area contributed by atoms with Crippen molar-refractivity contribution >= 4 is 57.6 Å². The number of aryl methyl sites for hydroxylation is 4. The van der Waals surface area contributed by atoms with E-state index in [0.717, 1.165) is 13.1 Å². The third-order valence-corrected chi connectivity index (χ3v) is 10.8. The molecular formula is C43H51N13O7. The Hall–Kier alpha value is -7.06. The highest BCUT2D eigenvalue weighted by molar-refractivity contribution is 6.05. The van der Waals surface area contributed by atoms with E-state index >= 15 is 0 Å². The summed E-state index contributed by atoms with van der Waals surface area (Å²) >= 11 is 0. The van der Waals surface area contributed by atoms with Gasteiger partial charge in [-0.15, -0.1) is 0 Å². The summed E-state index contributed by atoms with van der Waals surface area (Å²) in [4.78, 5) is 65.6. The SMILES string of the molecule is CCn1nc(C)cc1C(=O)Nc1nc2cc(C(N)=O)cc3c2n1C/C=C/Cn1c(NC(=O)c2cc(C)nn2CC)nc2cc(C(=O)NCCN4CCOCC4)cc(c21)OCCCO3. The van der Waals surface area contributed by atoms with Gasteiger partial charge in [-0.1, -0.05) is 12.2 Å². The van der Waals surface area contributed by atoms with Crippen LogP contribution in [0.15, 0.2) is 48.6 Å². The predicted molar refractivity (Wildman–Crippen MR) is 234 cm³/mol. The maximum absolute atomic E-state index is 13.9. The van der Waals surface area contributed by atoms with Gasteiger partial charge in [0.15, 0.2) is 0 Å². The van der Waals surface area contributed by atoms with Crippen LogP contribution in [0.1, 0.15) is 73.3 Å². The zero-order valence-corrected chi connectivity index (χ0v) is 35.8. The largest absolute Gasteiger partial charge is 0.491 e. The second-order valence-electron chi connectivity index (χ2n) is 15.3. The quantitative estimate of drug-likeness (QED) is 0.137. The van der Waals surface area contributed by atoms with Gasteiger partial charge in [-0.05, 0) is 64.1 Å². The summed E-state index contributed by atoms with van der Waals surface area (Å²) in [5, 5.41) is 17.8. The molecule has 5 N–H and O–H groups in total. The van der Waals surface area contributed by atoms with Gasteiger partial charge in [-0.3, -0.25) is 44.1 Å². The molecule has 330 valence electrons. The molecule has 2 aliphatic rings. The number of allylic oxidation sites excluding steroid dienone is 2. The topological polar surface area (TPSA) is 233 Å². The van der Waals surface area contributed by atoms with Gasteiger partial charge < -0.3 is 34.4 Å². The summed E-state index contributed by atoms with van der Waals surface area (Å²) in [7, 11) is 0. The Morgan fingerprint density at radius 1 is 0.683 bits per heavy atom. The molecule has 0 radical (unpaired) electrons. The Balaban J connectivity index is 1.17. The summed E-state index contributed by atoms with van der Waals surface area (Å²) in [6, 6.07) is 9.92. The van der Waals surface area contributed by atoms with Crippen molar-refractivity contribution in [2.75, 3.05) is 63.2 Å². The molecule has 2 aromatic carbocycles. The van der Waals surface area contributed by atoms with Crippen LogP contribution in [0.4, 0.5) is 11.9 Å². The number of carbonyl (C=O) groups excluding carboxylic acids is 4. The highest BCUT2D eigenvalue weighted by atomic mass is 16.5. The Morgan fingerprint density at radius 3 is 1.70 bits per heavy atom. The average Bonchev–Trinajstić information content (AvgIpc) is 4.04. The van der Waals surface area contributed by atoms with Crippen molar-refractivity contribution in [3.63, 3.8) is 0 Å². The molecule has 1 fully saturated rings. The van der Waals surface area contributed by atoms with Gasteiger partial charge in [0.25, 0.3) is 17.7 Å². The number of anilines is 2. The molecule has 1 saturated heterocycles. The molecule has 0 spiro atoms. The Kier molecular flexibility index (Phi) is 12.5. The van der Waals surface area contributed by atoms with Gasteiger partial charge in [0.05, 0.1) is 48.8 Å². The summed E-state index contributed by atoms with van der Waals surface area (Å²) in [6.07, 6.45) is 4.15. The summed E-state index contributed by atoms with van der Waals surface area (Å²) in [5.74, 6) is -0.615. The third-order valence-electron chi connectivity index (χ3n) is 10.8. The zero-order valence-electron chi connectivity index (χ0n) is 35.8. The van der Waals surface area contributed by atoms with Crippen LogP contribution in [0.3, 0.4) is 0 Å². The number of hydrogen-bond donors (Lipinski definition) is 4. The van der Waals surface area contributed by atoms with Crippen LogP contribution in [0.5, 0.6) is 11.5 Å². The predicted octanol–water partition coefficient (Wildman–Crippen LogP) is 3.52. The lowest BCUT2D eigenvalue weighted by molar-refractivity contribution is 0.0383. The maximum atomic E-state index is 13.9. The number of rotatable bonds is 11. The molecule has 0 unspecified atom stereocenters. The number of nitrogens with one attached hydrogen (secondary N) is 3. The average molecular weight is 862 g/mol. The van der Waals surface area contributed by atoms with Gasteiger partial charge in [-0.25, -0.2) is 9.97 Å². The van der Waals surface area contributed by atoms with Crippen molar-refractivity contribution in [3.05, 3.63) is 82.5 Å². The molecule has 20 nitrogen and oxygen atoms in total. The summed E-state index contributed by atoms with van der Waals surface area (Å²) < 4.78 is 25.1. The number of amides is 4. The van der Waals surface area contributed by atoms with Crippen LogP contribution in [0.25, 0.3) is 22.1 Å². The molecule has 0 atom stereocenters. The number of imidazole rings is 2. The Morgan fingerprint density at radius 2 is 1.19 bits per heavy atom. The van der Waals surface area contributed by atoms with E-state index in [0.29, 0.717) is 108 Å². The molecule has 0 saturated carbocycles. The van der Waals surface area contributed by atoms with E-state index in [-0.39, 0.29) is 49.7 Å². The molecule has 0 aliphatic carbocycles. The van der Waals surface area contributed by atoms with Gasteiger partial charge >= 0.3 is 0 Å². The maximum Gasteiger partial charge on any atom is 0.276 e. The van der Waals surface area contributed by atoms with E-state index in [1.165, 1.54) is 0 Å². The molecule has 4 amide bonds. The summed E-state index contributed by atoms with van der Waals surface area (Å²) in [6.45, 7) is 13.2. The minimum Gasteiger partial charge on any atom is -0.491 e. The first-order valence-corrected chi connectivity index (χ1v) is 21.1. The smallest absolute Gasteiger partial charge is 0.276 e. The number of aromatic nitrogens is 8. The molecule has 2 aliphatic heterocycles. The lowest BCUT2D eigenvalue weighted by Crippen LogP contribution is -2.41. The highest BCUT2D eigenvalue weighted by Crippen LogP contribution is 2.34. The zero-order chi connectivity index (χ0) is 44.2. The number of hydrogen-bond acceptors (Lipinski definition) is 12. The number of nitrogens with zero attached hydrogens (tertiary/aromatic N) is 9. The lowest BCUT2D eigenvalue weighted by atomic mass is 10.1. The minimum absolute atomic E-state index is 0.158. The Labute approximate surface area is 362 Å². The van der Waals surface area contributed by atoms with Crippen LogP contribution in [-0.2, 0) is 30.9 Å². The molecular weight excluding hydrogens is 811 g/mol. The molecule has 20 heteroatoms. The fourth-order valence-corrected chi connectivity index (χ4v) is 7.81. The third kappa shape index (κ3) is 9.12. The molecule has 6 heterocycles. The number of ether oxygens (including phenoxy) is 3. The van der Waals surface area contributed by atoms with Crippen molar-refractivity contribution in [2.24, 2.45) is 5.73 Å². The molecule has 63 heavy (non-hydrogen) atoms. The van der Waals surface area contributed by atoms with Crippen LogP contribution in [0.2, 0.25) is 0 Å². The first kappa shape index (κ1) is 42.6. The van der Waals surface area contributed by atoms with Crippen LogP contribution < -0.4 is 31.2 Å². The number of primary amides is 1. The van der Waals surface area contributed by atoms with Crippen molar-refractivity contribution in [1.29, 1.82) is 0 Å². The monoisotopic (exact) mass is 861 g/mol. The molecule has 4 aromatic heterocycles. The molecule has 0 bridgehead atoms. The van der Waals surface area contributed by atoms with Gasteiger partial charge in [0.1, 0.15) is 33.9 Å².